The lowest BCUT2D eigenvalue weighted by molar-refractivity contribution is 0.447. The summed E-state index contributed by atoms with van der Waals surface area (Å²) in [6, 6.07) is 27.9. The summed E-state index contributed by atoms with van der Waals surface area (Å²) in [5.74, 6) is 0.247. The van der Waals surface area contributed by atoms with Crippen molar-refractivity contribution in [1.29, 1.82) is 0 Å². The maximum absolute atomic E-state index is 10.7. The highest BCUT2D eigenvalue weighted by Crippen LogP contribution is 2.42. The number of rotatable bonds is 7. The van der Waals surface area contributed by atoms with E-state index in [1.807, 2.05) is 60.7 Å². The fraction of sp³-hybridized carbons (Fsp3) is 0.0769. The van der Waals surface area contributed by atoms with Gasteiger partial charge < -0.3 is 20.8 Å². The van der Waals surface area contributed by atoms with Gasteiger partial charge in [0, 0.05) is 11.1 Å². The SMILES string of the molecule is Oc1ccccc1C(Nc1ccccc1Cl)C(Nc1ccccc1Cl)c1ccccc1O. The fourth-order valence-corrected chi connectivity index (χ4v) is 4.05. The van der Waals surface area contributed by atoms with E-state index in [1.165, 1.54) is 0 Å². The fourth-order valence-electron chi connectivity index (χ4n) is 3.67. The molecule has 0 heterocycles. The smallest absolute Gasteiger partial charge is 0.120 e. The summed E-state index contributed by atoms with van der Waals surface area (Å²) >= 11 is 12.9. The van der Waals surface area contributed by atoms with Crippen molar-refractivity contribution in [3.05, 3.63) is 118 Å². The third-order valence-corrected chi connectivity index (χ3v) is 5.91. The molecule has 0 saturated carbocycles. The molecule has 0 aliphatic heterocycles. The molecule has 0 radical (unpaired) electrons. The molecule has 6 heteroatoms. The molecule has 4 nitrogen and oxygen atoms in total. The van der Waals surface area contributed by atoms with Crippen molar-refractivity contribution in [3.8, 4) is 11.5 Å². The Labute approximate surface area is 197 Å². The van der Waals surface area contributed by atoms with Crippen LogP contribution in [0.4, 0.5) is 11.4 Å². The molecular weight excluding hydrogens is 443 g/mol. The van der Waals surface area contributed by atoms with Crippen LogP contribution in [0.1, 0.15) is 23.2 Å². The van der Waals surface area contributed by atoms with Gasteiger partial charge in [-0.1, -0.05) is 83.9 Å². The minimum absolute atomic E-state index is 0.124. The van der Waals surface area contributed by atoms with Crippen molar-refractivity contribution < 1.29 is 10.2 Å². The molecule has 0 aliphatic rings. The van der Waals surface area contributed by atoms with Crippen molar-refractivity contribution in [1.82, 2.24) is 0 Å². The van der Waals surface area contributed by atoms with E-state index >= 15 is 0 Å². The molecule has 0 aliphatic carbocycles. The molecule has 0 amide bonds. The third kappa shape index (κ3) is 4.77. The largest absolute Gasteiger partial charge is 0.508 e. The second-order valence-corrected chi connectivity index (χ2v) is 8.14. The second-order valence-electron chi connectivity index (χ2n) is 7.32. The van der Waals surface area contributed by atoms with E-state index in [1.54, 1.807) is 36.4 Å². The van der Waals surface area contributed by atoms with Crippen LogP contribution in [0.2, 0.25) is 10.0 Å². The van der Waals surface area contributed by atoms with E-state index in [9.17, 15) is 10.2 Å². The normalized spacial score (nSPS) is 12.7. The predicted octanol–water partition coefficient (Wildman–Crippen LogP) is 7.41. The number of halogens is 2. The molecule has 2 atom stereocenters. The van der Waals surface area contributed by atoms with Gasteiger partial charge in [0.25, 0.3) is 0 Å². The number of phenolic OH excluding ortho intramolecular Hbond substituents is 2. The molecule has 162 valence electrons. The van der Waals surface area contributed by atoms with Crippen LogP contribution in [0.3, 0.4) is 0 Å². The Morgan fingerprint density at radius 3 is 1.22 bits per heavy atom. The van der Waals surface area contributed by atoms with Crippen molar-refractivity contribution in [2.75, 3.05) is 10.6 Å². The first-order valence-corrected chi connectivity index (χ1v) is 10.9. The molecule has 4 aromatic carbocycles. The minimum Gasteiger partial charge on any atom is -0.508 e. The zero-order valence-corrected chi connectivity index (χ0v) is 18.6. The number of hydrogen-bond acceptors (Lipinski definition) is 4. The van der Waals surface area contributed by atoms with Crippen molar-refractivity contribution in [2.24, 2.45) is 0 Å². The zero-order chi connectivity index (χ0) is 22.5. The van der Waals surface area contributed by atoms with Crippen molar-refractivity contribution >= 4 is 34.6 Å². The van der Waals surface area contributed by atoms with E-state index in [2.05, 4.69) is 10.6 Å². The van der Waals surface area contributed by atoms with Gasteiger partial charge in [-0.05, 0) is 36.4 Å². The average molecular weight is 465 g/mol. The number of phenols is 2. The average Bonchev–Trinajstić information content (AvgIpc) is 2.80. The van der Waals surface area contributed by atoms with Crippen LogP contribution in [-0.2, 0) is 0 Å². The van der Waals surface area contributed by atoms with Gasteiger partial charge >= 0.3 is 0 Å². The van der Waals surface area contributed by atoms with Gasteiger partial charge in [0.05, 0.1) is 33.5 Å². The van der Waals surface area contributed by atoms with E-state index in [0.717, 1.165) is 0 Å². The zero-order valence-electron chi connectivity index (χ0n) is 17.0. The Bertz CT molecular complexity index is 1120. The molecule has 0 saturated heterocycles. The standard InChI is InChI=1S/C26H22Cl2N2O2/c27-19-11-3-5-13-21(19)29-25(17-9-1-7-15-23(17)31)26(18-10-2-8-16-24(18)32)30-22-14-6-4-12-20(22)28/h1-16,25-26,29-32H. The Morgan fingerprint density at radius 1 is 0.500 bits per heavy atom. The molecule has 2 unspecified atom stereocenters. The monoisotopic (exact) mass is 464 g/mol. The summed E-state index contributed by atoms with van der Waals surface area (Å²) in [6.45, 7) is 0. The number of para-hydroxylation sites is 4. The first-order valence-electron chi connectivity index (χ1n) is 10.1. The Morgan fingerprint density at radius 2 is 0.844 bits per heavy atom. The Kier molecular flexibility index (Phi) is 6.74. The van der Waals surface area contributed by atoms with Crippen molar-refractivity contribution in [3.63, 3.8) is 0 Å². The van der Waals surface area contributed by atoms with Gasteiger partial charge in [-0.3, -0.25) is 0 Å². The maximum Gasteiger partial charge on any atom is 0.120 e. The lowest BCUT2D eigenvalue weighted by atomic mass is 9.91. The highest BCUT2D eigenvalue weighted by Gasteiger charge is 2.30. The van der Waals surface area contributed by atoms with Crippen LogP contribution in [0.5, 0.6) is 11.5 Å². The number of nitrogens with one attached hydrogen (secondary N) is 2. The van der Waals surface area contributed by atoms with Crippen LogP contribution < -0.4 is 10.6 Å². The van der Waals surface area contributed by atoms with Gasteiger partial charge in [0.1, 0.15) is 11.5 Å². The highest BCUT2D eigenvalue weighted by molar-refractivity contribution is 6.33. The third-order valence-electron chi connectivity index (χ3n) is 5.25. The first kappa shape index (κ1) is 21.9. The quantitative estimate of drug-likeness (QED) is 0.230. The summed E-state index contributed by atoms with van der Waals surface area (Å²) in [4.78, 5) is 0. The van der Waals surface area contributed by atoms with E-state index < -0.39 is 12.1 Å². The number of hydrogen-bond donors (Lipinski definition) is 4. The number of anilines is 2. The summed E-state index contributed by atoms with van der Waals surface area (Å²) in [5, 5.41) is 29.5. The lowest BCUT2D eigenvalue weighted by Gasteiger charge is -2.32. The summed E-state index contributed by atoms with van der Waals surface area (Å²) in [7, 11) is 0. The number of aromatic hydroxyl groups is 2. The second kappa shape index (κ2) is 9.86. The van der Waals surface area contributed by atoms with E-state index in [0.29, 0.717) is 32.5 Å². The summed E-state index contributed by atoms with van der Waals surface area (Å²) < 4.78 is 0. The molecule has 0 fully saturated rings. The van der Waals surface area contributed by atoms with Gasteiger partial charge in [0.2, 0.25) is 0 Å². The lowest BCUT2D eigenvalue weighted by Crippen LogP contribution is -2.26. The van der Waals surface area contributed by atoms with Gasteiger partial charge in [-0.15, -0.1) is 0 Å². The maximum atomic E-state index is 10.7. The van der Waals surface area contributed by atoms with Crippen LogP contribution in [-0.4, -0.2) is 10.2 Å². The van der Waals surface area contributed by atoms with Crippen LogP contribution in [0.15, 0.2) is 97.1 Å². The highest BCUT2D eigenvalue weighted by atomic mass is 35.5. The molecule has 4 rings (SSSR count). The Hall–Kier alpha value is -3.34. The summed E-state index contributed by atoms with van der Waals surface area (Å²) in [6.07, 6.45) is 0. The summed E-state index contributed by atoms with van der Waals surface area (Å²) in [5.41, 5.74) is 2.67. The van der Waals surface area contributed by atoms with E-state index in [-0.39, 0.29) is 11.5 Å². The number of benzene rings is 4. The van der Waals surface area contributed by atoms with Crippen molar-refractivity contribution in [2.45, 2.75) is 12.1 Å². The van der Waals surface area contributed by atoms with Crippen LogP contribution in [0.25, 0.3) is 0 Å². The molecule has 0 aromatic heterocycles. The van der Waals surface area contributed by atoms with Gasteiger partial charge in [-0.2, -0.15) is 0 Å². The molecule has 4 N–H and O–H groups in total. The van der Waals surface area contributed by atoms with Crippen LogP contribution in [0, 0.1) is 0 Å². The molecule has 0 spiro atoms. The van der Waals surface area contributed by atoms with Gasteiger partial charge in [-0.25, -0.2) is 0 Å². The topological polar surface area (TPSA) is 64.5 Å². The molecule has 32 heavy (non-hydrogen) atoms. The molecule has 0 bridgehead atoms. The Balaban J connectivity index is 1.87. The minimum atomic E-state index is -0.513. The molecular formula is C26H22Cl2N2O2. The van der Waals surface area contributed by atoms with Crippen LogP contribution >= 0.6 is 23.2 Å². The molecule has 4 aromatic rings. The first-order chi connectivity index (χ1) is 15.5. The van der Waals surface area contributed by atoms with Gasteiger partial charge in [0.15, 0.2) is 0 Å². The van der Waals surface area contributed by atoms with E-state index in [4.69, 9.17) is 23.2 Å². The predicted molar refractivity (Wildman–Crippen MR) is 132 cm³/mol.